The Balaban J connectivity index is 1.53. The molecule has 0 radical (unpaired) electrons. The summed E-state index contributed by atoms with van der Waals surface area (Å²) in [6.45, 7) is 9.89. The molecule has 0 aromatic heterocycles. The molecule has 0 saturated carbocycles. The predicted molar refractivity (Wildman–Crippen MR) is 122 cm³/mol. The Bertz CT molecular complexity index is 695. The molecular formula is C23H37N5O2. The van der Waals surface area contributed by atoms with E-state index in [1.165, 1.54) is 13.0 Å². The fourth-order valence-corrected chi connectivity index (χ4v) is 4.06. The smallest absolute Gasteiger partial charge is 0.253 e. The van der Waals surface area contributed by atoms with Crippen molar-refractivity contribution in [3.05, 3.63) is 29.8 Å². The number of carbonyl (C=O) groups is 1. The molecule has 2 heterocycles. The number of hydrogen-bond donors (Lipinski definition) is 3. The lowest BCUT2D eigenvalue weighted by Crippen LogP contribution is -2.48. The van der Waals surface area contributed by atoms with Crippen molar-refractivity contribution in [1.82, 2.24) is 15.5 Å². The highest BCUT2D eigenvalue weighted by atomic mass is 16.5. The van der Waals surface area contributed by atoms with Gasteiger partial charge in [-0.3, -0.25) is 4.79 Å². The number of ether oxygens (including phenoxy) is 1. The summed E-state index contributed by atoms with van der Waals surface area (Å²) in [6.07, 6.45) is 4.94. The van der Waals surface area contributed by atoms with Crippen molar-refractivity contribution in [3.8, 4) is 0 Å². The van der Waals surface area contributed by atoms with Crippen LogP contribution in [0, 0.1) is 0 Å². The lowest BCUT2D eigenvalue weighted by molar-refractivity contribution is -0.124. The van der Waals surface area contributed by atoms with Gasteiger partial charge < -0.3 is 25.6 Å². The van der Waals surface area contributed by atoms with Gasteiger partial charge in [0.25, 0.3) is 5.91 Å². The number of nitrogens with one attached hydrogen (secondary N) is 3. The molecule has 2 fully saturated rings. The van der Waals surface area contributed by atoms with Crippen molar-refractivity contribution in [2.24, 2.45) is 4.99 Å². The third-order valence-corrected chi connectivity index (χ3v) is 5.65. The zero-order valence-corrected chi connectivity index (χ0v) is 18.5. The number of piperidine rings is 1. The Morgan fingerprint density at radius 1 is 1.23 bits per heavy atom. The topological polar surface area (TPSA) is 78.0 Å². The first-order valence-corrected chi connectivity index (χ1v) is 11.5. The van der Waals surface area contributed by atoms with Crippen LogP contribution in [0.4, 0.5) is 5.69 Å². The van der Waals surface area contributed by atoms with E-state index in [2.05, 4.69) is 34.7 Å². The SMILES string of the molecule is CCCN1CCC(NC(=NCc2cccc(NC(=O)C3CCCO3)c2)NCC)CC1. The van der Waals surface area contributed by atoms with Crippen LogP contribution >= 0.6 is 0 Å². The number of aliphatic imine (C=N–C) groups is 1. The van der Waals surface area contributed by atoms with Gasteiger partial charge in [-0.1, -0.05) is 19.1 Å². The largest absolute Gasteiger partial charge is 0.368 e. The second-order valence-electron chi connectivity index (χ2n) is 8.15. The van der Waals surface area contributed by atoms with Gasteiger partial charge in [0.2, 0.25) is 0 Å². The minimum absolute atomic E-state index is 0.0578. The Kier molecular flexibility index (Phi) is 8.96. The molecule has 1 aromatic carbocycles. The maximum absolute atomic E-state index is 12.3. The van der Waals surface area contributed by atoms with E-state index < -0.39 is 0 Å². The highest BCUT2D eigenvalue weighted by Gasteiger charge is 2.23. The van der Waals surface area contributed by atoms with E-state index in [-0.39, 0.29) is 12.0 Å². The molecule has 1 amide bonds. The quantitative estimate of drug-likeness (QED) is 0.450. The Labute approximate surface area is 180 Å². The first kappa shape index (κ1) is 22.6. The molecule has 166 valence electrons. The van der Waals surface area contributed by atoms with Crippen molar-refractivity contribution in [2.45, 2.75) is 64.6 Å². The number of hydrogen-bond acceptors (Lipinski definition) is 4. The first-order valence-electron chi connectivity index (χ1n) is 11.5. The molecule has 0 spiro atoms. The Hall–Kier alpha value is -2.12. The van der Waals surface area contributed by atoms with Gasteiger partial charge in [0.05, 0.1) is 6.54 Å². The van der Waals surface area contributed by atoms with E-state index >= 15 is 0 Å². The summed E-state index contributed by atoms with van der Waals surface area (Å²) in [6, 6.07) is 8.36. The van der Waals surface area contributed by atoms with E-state index in [0.29, 0.717) is 19.2 Å². The summed E-state index contributed by atoms with van der Waals surface area (Å²) < 4.78 is 5.46. The number of amides is 1. The van der Waals surface area contributed by atoms with Gasteiger partial charge in [-0.15, -0.1) is 0 Å². The van der Waals surface area contributed by atoms with E-state index in [9.17, 15) is 4.79 Å². The minimum Gasteiger partial charge on any atom is -0.368 e. The summed E-state index contributed by atoms with van der Waals surface area (Å²) >= 11 is 0. The molecule has 7 heteroatoms. The second-order valence-corrected chi connectivity index (χ2v) is 8.15. The molecule has 2 saturated heterocycles. The standard InChI is InChI=1S/C23H37N5O2/c1-3-12-28-13-10-19(11-14-28)27-23(24-4-2)25-17-18-7-5-8-20(16-18)26-22(29)21-9-6-15-30-21/h5,7-8,16,19,21H,3-4,6,9-15,17H2,1-2H3,(H,26,29)(H2,24,25,27). The Morgan fingerprint density at radius 3 is 2.77 bits per heavy atom. The van der Waals surface area contributed by atoms with Crippen molar-refractivity contribution >= 4 is 17.6 Å². The lowest BCUT2D eigenvalue weighted by Gasteiger charge is -2.32. The molecule has 0 aliphatic carbocycles. The number of carbonyl (C=O) groups excluding carboxylic acids is 1. The van der Waals surface area contributed by atoms with Gasteiger partial charge in [0.1, 0.15) is 6.10 Å². The van der Waals surface area contributed by atoms with E-state index in [4.69, 9.17) is 9.73 Å². The van der Waals surface area contributed by atoms with Crippen molar-refractivity contribution in [2.75, 3.05) is 38.1 Å². The highest BCUT2D eigenvalue weighted by molar-refractivity contribution is 5.94. The van der Waals surface area contributed by atoms with Crippen molar-refractivity contribution in [1.29, 1.82) is 0 Å². The summed E-state index contributed by atoms with van der Waals surface area (Å²) in [5, 5.41) is 9.93. The van der Waals surface area contributed by atoms with Crippen LogP contribution in [0.1, 0.15) is 51.5 Å². The average molecular weight is 416 g/mol. The zero-order valence-electron chi connectivity index (χ0n) is 18.5. The fourth-order valence-electron chi connectivity index (χ4n) is 4.06. The molecule has 2 aliphatic rings. The first-order chi connectivity index (χ1) is 14.7. The fraction of sp³-hybridized carbons (Fsp3) is 0.652. The second kappa shape index (κ2) is 11.9. The molecule has 1 atom stereocenters. The molecular weight excluding hydrogens is 378 g/mol. The molecule has 1 unspecified atom stereocenters. The van der Waals surface area contributed by atoms with Crippen LogP contribution in [-0.4, -0.2) is 61.7 Å². The number of rotatable bonds is 8. The van der Waals surface area contributed by atoms with Gasteiger partial charge in [0, 0.05) is 38.0 Å². The molecule has 1 aromatic rings. The summed E-state index contributed by atoms with van der Waals surface area (Å²) in [5.74, 6) is 0.804. The third-order valence-electron chi connectivity index (χ3n) is 5.65. The normalized spacial score (nSPS) is 20.9. The van der Waals surface area contributed by atoms with Crippen molar-refractivity contribution < 1.29 is 9.53 Å². The van der Waals surface area contributed by atoms with Gasteiger partial charge in [-0.2, -0.15) is 0 Å². The van der Waals surface area contributed by atoms with Crippen LogP contribution in [-0.2, 0) is 16.1 Å². The average Bonchev–Trinajstić information content (AvgIpc) is 3.29. The summed E-state index contributed by atoms with van der Waals surface area (Å²) in [5.41, 5.74) is 1.86. The van der Waals surface area contributed by atoms with Gasteiger partial charge in [-0.25, -0.2) is 4.99 Å². The van der Waals surface area contributed by atoms with E-state index in [1.807, 2.05) is 24.3 Å². The number of nitrogens with zero attached hydrogens (tertiary/aromatic N) is 2. The lowest BCUT2D eigenvalue weighted by atomic mass is 10.1. The van der Waals surface area contributed by atoms with Crippen molar-refractivity contribution in [3.63, 3.8) is 0 Å². The zero-order chi connectivity index (χ0) is 21.2. The molecule has 30 heavy (non-hydrogen) atoms. The molecule has 2 aliphatic heterocycles. The number of likely N-dealkylation sites (tertiary alicyclic amines) is 1. The Morgan fingerprint density at radius 2 is 2.07 bits per heavy atom. The number of anilines is 1. The molecule has 3 N–H and O–H groups in total. The monoisotopic (exact) mass is 415 g/mol. The van der Waals surface area contributed by atoms with Crippen LogP contribution in [0.25, 0.3) is 0 Å². The molecule has 3 rings (SSSR count). The van der Waals surface area contributed by atoms with Gasteiger partial charge >= 0.3 is 0 Å². The number of benzene rings is 1. The van der Waals surface area contributed by atoms with Gasteiger partial charge in [0.15, 0.2) is 5.96 Å². The highest BCUT2D eigenvalue weighted by Crippen LogP contribution is 2.17. The predicted octanol–water partition coefficient (Wildman–Crippen LogP) is 2.73. The molecule has 0 bridgehead atoms. The molecule has 7 nitrogen and oxygen atoms in total. The maximum Gasteiger partial charge on any atom is 0.253 e. The van der Waals surface area contributed by atoms with Crippen LogP contribution in [0.3, 0.4) is 0 Å². The summed E-state index contributed by atoms with van der Waals surface area (Å²) in [4.78, 5) is 19.6. The maximum atomic E-state index is 12.3. The van der Waals surface area contributed by atoms with Crippen LogP contribution in [0.2, 0.25) is 0 Å². The van der Waals surface area contributed by atoms with E-state index in [0.717, 1.165) is 62.5 Å². The summed E-state index contributed by atoms with van der Waals surface area (Å²) in [7, 11) is 0. The van der Waals surface area contributed by atoms with Gasteiger partial charge in [-0.05, 0) is 63.3 Å². The van der Waals surface area contributed by atoms with E-state index in [1.54, 1.807) is 0 Å². The number of guanidine groups is 1. The van der Waals surface area contributed by atoms with Crippen LogP contribution in [0.5, 0.6) is 0 Å². The minimum atomic E-state index is -0.319. The third kappa shape index (κ3) is 6.99. The van der Waals surface area contributed by atoms with Crippen LogP contribution in [0.15, 0.2) is 29.3 Å². The van der Waals surface area contributed by atoms with Crippen LogP contribution < -0.4 is 16.0 Å².